The van der Waals surface area contributed by atoms with Crippen molar-refractivity contribution in [2.75, 3.05) is 5.32 Å². The number of thiophene rings is 1. The van der Waals surface area contributed by atoms with Gasteiger partial charge in [-0.2, -0.15) is 0 Å². The Kier molecular flexibility index (Phi) is 3.52. The van der Waals surface area contributed by atoms with Gasteiger partial charge in [0, 0.05) is 22.0 Å². The van der Waals surface area contributed by atoms with Crippen LogP contribution in [0.5, 0.6) is 0 Å². The highest BCUT2D eigenvalue weighted by atomic mass is 32.1. The summed E-state index contributed by atoms with van der Waals surface area (Å²) in [5.41, 5.74) is 3.51. The van der Waals surface area contributed by atoms with Crippen molar-refractivity contribution in [3.8, 4) is 5.69 Å². The molecule has 0 saturated carbocycles. The lowest BCUT2D eigenvalue weighted by Gasteiger charge is -2.08. The second-order valence-electron chi connectivity index (χ2n) is 4.71. The van der Waals surface area contributed by atoms with Crippen LogP contribution in [0.1, 0.15) is 15.3 Å². The zero-order valence-electron chi connectivity index (χ0n) is 11.5. The fourth-order valence-electron chi connectivity index (χ4n) is 2.17. The van der Waals surface area contributed by atoms with E-state index in [1.807, 2.05) is 28.0 Å². The molecule has 3 rings (SSSR count). The number of hydrogen-bond donors (Lipinski definition) is 1. The molecule has 2 heterocycles. The Morgan fingerprint density at radius 3 is 2.65 bits per heavy atom. The molecule has 20 heavy (non-hydrogen) atoms. The first-order valence-electron chi connectivity index (χ1n) is 6.47. The van der Waals surface area contributed by atoms with Gasteiger partial charge in [0.15, 0.2) is 0 Å². The molecule has 0 amide bonds. The molecule has 1 aromatic carbocycles. The van der Waals surface area contributed by atoms with Crippen LogP contribution in [0.3, 0.4) is 0 Å². The first-order valence-corrected chi connectivity index (χ1v) is 7.29. The lowest BCUT2D eigenvalue weighted by molar-refractivity contribution is 1.05. The van der Waals surface area contributed by atoms with Gasteiger partial charge in [-0.05, 0) is 43.7 Å². The molecule has 4 nitrogen and oxygen atoms in total. The standard InChI is InChI=1S/C15H16N4S/c1-11-6-13(12(2)20-11)8-16-14-4-3-5-15(7-14)19-9-17-18-10-19/h3-7,9-10,16H,8H2,1-2H3. The van der Waals surface area contributed by atoms with Gasteiger partial charge in [-0.25, -0.2) is 0 Å². The highest BCUT2D eigenvalue weighted by molar-refractivity contribution is 7.12. The van der Waals surface area contributed by atoms with Crippen molar-refractivity contribution < 1.29 is 0 Å². The topological polar surface area (TPSA) is 42.7 Å². The average Bonchev–Trinajstić information content (AvgIpc) is 3.07. The quantitative estimate of drug-likeness (QED) is 0.796. The summed E-state index contributed by atoms with van der Waals surface area (Å²) >= 11 is 1.84. The smallest absolute Gasteiger partial charge is 0.123 e. The van der Waals surface area contributed by atoms with Gasteiger partial charge in [-0.15, -0.1) is 21.5 Å². The van der Waals surface area contributed by atoms with Crippen molar-refractivity contribution >= 4 is 17.0 Å². The minimum Gasteiger partial charge on any atom is -0.381 e. The molecular weight excluding hydrogens is 268 g/mol. The number of hydrogen-bond acceptors (Lipinski definition) is 4. The summed E-state index contributed by atoms with van der Waals surface area (Å²) in [6.07, 6.45) is 3.40. The predicted molar refractivity (Wildman–Crippen MR) is 82.5 cm³/mol. The molecule has 0 aliphatic heterocycles. The summed E-state index contributed by atoms with van der Waals surface area (Å²) in [7, 11) is 0. The first kappa shape index (κ1) is 12.9. The van der Waals surface area contributed by atoms with Crippen molar-refractivity contribution in [2.24, 2.45) is 0 Å². The Bertz CT molecular complexity index is 700. The molecule has 0 radical (unpaired) electrons. The van der Waals surface area contributed by atoms with E-state index in [9.17, 15) is 0 Å². The van der Waals surface area contributed by atoms with Crippen molar-refractivity contribution in [2.45, 2.75) is 20.4 Å². The number of aryl methyl sites for hydroxylation is 2. The summed E-state index contributed by atoms with van der Waals surface area (Å²) in [6, 6.07) is 10.5. The molecule has 2 aromatic heterocycles. The Balaban J connectivity index is 1.75. The number of nitrogens with one attached hydrogen (secondary N) is 1. The second kappa shape index (κ2) is 5.46. The molecule has 3 aromatic rings. The van der Waals surface area contributed by atoms with Crippen molar-refractivity contribution in [3.63, 3.8) is 0 Å². The third-order valence-corrected chi connectivity index (χ3v) is 4.20. The molecule has 0 aliphatic carbocycles. The Labute approximate surface area is 122 Å². The van der Waals surface area contributed by atoms with E-state index in [1.54, 1.807) is 12.7 Å². The highest BCUT2D eigenvalue weighted by Gasteiger charge is 2.03. The fraction of sp³-hybridized carbons (Fsp3) is 0.200. The van der Waals surface area contributed by atoms with E-state index >= 15 is 0 Å². The molecule has 0 fully saturated rings. The number of anilines is 1. The summed E-state index contributed by atoms with van der Waals surface area (Å²) in [5.74, 6) is 0. The van der Waals surface area contributed by atoms with E-state index in [2.05, 4.69) is 47.6 Å². The lowest BCUT2D eigenvalue weighted by Crippen LogP contribution is -2.00. The van der Waals surface area contributed by atoms with Crippen LogP contribution in [-0.4, -0.2) is 14.8 Å². The first-order chi connectivity index (χ1) is 9.72. The van der Waals surface area contributed by atoms with Gasteiger partial charge in [0.1, 0.15) is 12.7 Å². The molecule has 0 aliphatic rings. The highest BCUT2D eigenvalue weighted by Crippen LogP contribution is 2.22. The molecule has 0 spiro atoms. The van der Waals surface area contributed by atoms with E-state index in [0.29, 0.717) is 0 Å². The maximum atomic E-state index is 3.83. The van der Waals surface area contributed by atoms with Crippen LogP contribution >= 0.6 is 11.3 Å². The van der Waals surface area contributed by atoms with Crippen LogP contribution in [0, 0.1) is 13.8 Å². The number of rotatable bonds is 4. The molecule has 1 N–H and O–H groups in total. The van der Waals surface area contributed by atoms with Gasteiger partial charge in [0.25, 0.3) is 0 Å². The molecule has 0 atom stereocenters. The maximum absolute atomic E-state index is 3.83. The van der Waals surface area contributed by atoms with Gasteiger partial charge in [-0.1, -0.05) is 6.07 Å². The van der Waals surface area contributed by atoms with Crippen LogP contribution in [-0.2, 0) is 6.54 Å². The zero-order valence-corrected chi connectivity index (χ0v) is 12.3. The molecule has 0 unspecified atom stereocenters. The van der Waals surface area contributed by atoms with Crippen LogP contribution in [0.25, 0.3) is 5.69 Å². The van der Waals surface area contributed by atoms with Gasteiger partial charge >= 0.3 is 0 Å². The van der Waals surface area contributed by atoms with Crippen LogP contribution < -0.4 is 5.32 Å². The second-order valence-corrected chi connectivity index (χ2v) is 6.17. The lowest BCUT2D eigenvalue weighted by atomic mass is 10.2. The predicted octanol–water partition coefficient (Wildman–Crippen LogP) is 3.56. The summed E-state index contributed by atoms with van der Waals surface area (Å²) < 4.78 is 1.89. The Morgan fingerprint density at radius 1 is 1.15 bits per heavy atom. The van der Waals surface area contributed by atoms with Crippen LogP contribution in [0.4, 0.5) is 5.69 Å². The number of benzene rings is 1. The SMILES string of the molecule is Cc1cc(CNc2cccc(-n3cnnc3)c2)c(C)s1. The van der Waals surface area contributed by atoms with Gasteiger partial charge in [0.2, 0.25) is 0 Å². The van der Waals surface area contributed by atoms with Gasteiger partial charge < -0.3 is 5.32 Å². The van der Waals surface area contributed by atoms with Crippen LogP contribution in [0.2, 0.25) is 0 Å². The Hall–Kier alpha value is -2.14. The molecular formula is C15H16N4S. The normalized spacial score (nSPS) is 10.7. The van der Waals surface area contributed by atoms with E-state index in [4.69, 9.17) is 0 Å². The van der Waals surface area contributed by atoms with E-state index < -0.39 is 0 Å². The summed E-state index contributed by atoms with van der Waals surface area (Å²) in [4.78, 5) is 2.74. The zero-order chi connectivity index (χ0) is 13.9. The maximum Gasteiger partial charge on any atom is 0.123 e. The van der Waals surface area contributed by atoms with Gasteiger partial charge in [-0.3, -0.25) is 4.57 Å². The molecule has 0 saturated heterocycles. The Morgan fingerprint density at radius 2 is 1.95 bits per heavy atom. The van der Waals surface area contributed by atoms with Crippen molar-refractivity contribution in [3.05, 3.63) is 58.3 Å². The van der Waals surface area contributed by atoms with E-state index in [1.165, 1.54) is 15.3 Å². The van der Waals surface area contributed by atoms with Crippen LogP contribution in [0.15, 0.2) is 43.0 Å². The largest absolute Gasteiger partial charge is 0.381 e. The van der Waals surface area contributed by atoms with Gasteiger partial charge in [0.05, 0.1) is 5.69 Å². The number of aromatic nitrogens is 3. The fourth-order valence-corrected chi connectivity index (χ4v) is 3.11. The molecule has 0 bridgehead atoms. The monoisotopic (exact) mass is 284 g/mol. The summed E-state index contributed by atoms with van der Waals surface area (Å²) in [5, 5.41) is 11.1. The van der Waals surface area contributed by atoms with E-state index in [0.717, 1.165) is 17.9 Å². The minimum absolute atomic E-state index is 0.849. The molecule has 5 heteroatoms. The van der Waals surface area contributed by atoms with Crippen molar-refractivity contribution in [1.29, 1.82) is 0 Å². The third-order valence-electron chi connectivity index (χ3n) is 3.19. The molecule has 102 valence electrons. The summed E-state index contributed by atoms with van der Waals surface area (Å²) in [6.45, 7) is 5.16. The third kappa shape index (κ3) is 2.72. The average molecular weight is 284 g/mol. The van der Waals surface area contributed by atoms with Crippen molar-refractivity contribution in [1.82, 2.24) is 14.8 Å². The van der Waals surface area contributed by atoms with E-state index in [-0.39, 0.29) is 0 Å². The minimum atomic E-state index is 0.849. The number of nitrogens with zero attached hydrogens (tertiary/aromatic N) is 3.